The van der Waals surface area contributed by atoms with E-state index in [1.54, 1.807) is 0 Å². The van der Waals surface area contributed by atoms with Crippen molar-refractivity contribution in [3.63, 3.8) is 0 Å². The molecule has 0 saturated carbocycles. The Kier molecular flexibility index (Phi) is 20.4. The number of hydrogen-bond donors (Lipinski definition) is 0. The van der Waals surface area contributed by atoms with Crippen molar-refractivity contribution in [1.29, 1.82) is 0 Å². The predicted octanol–water partition coefficient (Wildman–Crippen LogP) is 13.6. The molecule has 0 bridgehead atoms. The van der Waals surface area contributed by atoms with Gasteiger partial charge >= 0.3 is 27.7 Å². The number of halogens is 2. The van der Waals surface area contributed by atoms with Crippen LogP contribution in [0.15, 0.2) is 194 Å². The molecule has 0 N–H and O–H groups in total. The van der Waals surface area contributed by atoms with Gasteiger partial charge in [0.15, 0.2) is 0 Å². The Morgan fingerprint density at radius 3 is 0.754 bits per heavy atom. The first-order valence-corrected chi connectivity index (χ1v) is 26.4. The molecule has 0 amide bonds. The molecule has 0 saturated heterocycles. The third-order valence-electron chi connectivity index (χ3n) is 9.83. The van der Waals surface area contributed by atoms with Gasteiger partial charge in [-0.15, -0.1) is 0 Å². The van der Waals surface area contributed by atoms with Gasteiger partial charge in [-0.2, -0.15) is 0 Å². The summed E-state index contributed by atoms with van der Waals surface area (Å²) in [5, 5.41) is 12.5. The number of hydrogen-bond acceptors (Lipinski definition) is 0. The zero-order valence-electron chi connectivity index (χ0n) is 36.9. The molecule has 0 aliphatic carbocycles. The fraction of sp³-hybridized carbons (Fsp3) is 0.218. The molecule has 0 aliphatic rings. The van der Waals surface area contributed by atoms with Gasteiger partial charge in [0.1, 0.15) is 0 Å². The van der Waals surface area contributed by atoms with E-state index in [0.717, 1.165) is 8.20 Å². The Hall–Kier alpha value is -3.19. The molecule has 318 valence electrons. The summed E-state index contributed by atoms with van der Waals surface area (Å²) >= 11 is 8.07. The van der Waals surface area contributed by atoms with Crippen LogP contribution < -0.4 is 37.1 Å². The molecule has 0 spiro atoms. The third kappa shape index (κ3) is 15.2. The van der Waals surface area contributed by atoms with Crippen molar-refractivity contribution in [1.82, 2.24) is 0 Å². The molecule has 0 unspecified atom stereocenters. The largest absolute Gasteiger partial charge is 0.0622 e. The zero-order chi connectivity index (χ0) is 44.5. The van der Waals surface area contributed by atoms with Crippen LogP contribution in [0.25, 0.3) is 0 Å². The first-order chi connectivity index (χ1) is 29.2. The molecular weight excluding hydrogens is 931 g/mol. The van der Waals surface area contributed by atoms with Gasteiger partial charge < -0.3 is 16.9 Å². The van der Waals surface area contributed by atoms with Crippen LogP contribution in [0.2, 0.25) is 0 Å². The molecule has 6 heteroatoms. The van der Waals surface area contributed by atoms with Gasteiger partial charge in [0, 0.05) is 0 Å². The summed E-state index contributed by atoms with van der Waals surface area (Å²) < 4.78 is 0. The maximum atomic E-state index is 5.85. The first-order valence-electron chi connectivity index (χ1n) is 20.5. The molecule has 0 radical (unpaired) electrons. The van der Waals surface area contributed by atoms with Gasteiger partial charge in [0.25, 0.3) is 0 Å². The zero-order valence-corrected chi connectivity index (χ0v) is 42.6. The van der Waals surface area contributed by atoms with Crippen LogP contribution in [0.4, 0.5) is 0 Å². The first kappa shape index (κ1) is 50.5. The second-order valence-electron chi connectivity index (χ2n) is 17.6. The minimum atomic E-state index is -0.446. The normalized spacial score (nSPS) is 11.5. The maximum Gasteiger partial charge on any atom is -0.0134 e. The summed E-state index contributed by atoms with van der Waals surface area (Å²) in [6.45, 7) is 20.5. The molecule has 0 aliphatic heterocycles. The van der Waals surface area contributed by atoms with E-state index in [1.807, 2.05) is 0 Å². The number of benzene rings is 7. The maximum absolute atomic E-state index is 5.85. The van der Waals surface area contributed by atoms with Crippen LogP contribution in [0.1, 0.15) is 79.0 Å². The van der Waals surface area contributed by atoms with Crippen molar-refractivity contribution >= 4 is 87.6 Å². The Bertz CT molecular complexity index is 1980. The average Bonchev–Trinajstić information content (AvgIpc) is 3.26. The second kappa shape index (κ2) is 24.6. The molecule has 0 nitrogen and oxygen atoms in total. The predicted molar refractivity (Wildman–Crippen MR) is 276 cm³/mol. The smallest absolute Gasteiger partial charge is 0.0134 e. The van der Waals surface area contributed by atoms with Crippen molar-refractivity contribution in [2.24, 2.45) is 0 Å². The van der Waals surface area contributed by atoms with Crippen molar-refractivity contribution in [2.75, 3.05) is 0 Å². The monoisotopic (exact) mass is 988 g/mol. The van der Waals surface area contributed by atoms with Gasteiger partial charge in [-0.3, -0.25) is 8.20 Å². The minimum absolute atomic E-state index is 0.0946. The molecule has 61 heavy (non-hydrogen) atoms. The SMILES string of the molecule is CC(C)(C)c1cc(C(C)(C)C)c(P=[C-]Cl)c(C(C)(C)C)c1.[Cl][Pd+].c1ccc(P(c2ccccc2)c2ccccc2)cc1.c1ccc(P(c2ccccc2)c2ccccc2)cc1. The van der Waals surface area contributed by atoms with Crippen molar-refractivity contribution in [3.05, 3.63) is 211 Å². The minimum Gasteiger partial charge on any atom is -0.0622 e. The van der Waals surface area contributed by atoms with E-state index in [1.165, 1.54) is 53.8 Å². The summed E-state index contributed by atoms with van der Waals surface area (Å²) in [5.41, 5.74) is 4.49. The van der Waals surface area contributed by atoms with E-state index >= 15 is 0 Å². The Balaban J connectivity index is 0.000000197. The van der Waals surface area contributed by atoms with E-state index in [2.05, 4.69) is 289 Å². The quantitative estimate of drug-likeness (QED) is 0.0848. The molecule has 0 atom stereocenters. The molecule has 7 aromatic rings. The fourth-order valence-corrected chi connectivity index (χ4v) is 12.7. The van der Waals surface area contributed by atoms with E-state index in [-0.39, 0.29) is 16.2 Å². The molecule has 0 fully saturated rings. The van der Waals surface area contributed by atoms with Crippen molar-refractivity contribution < 1.29 is 18.2 Å². The van der Waals surface area contributed by atoms with E-state index in [9.17, 15) is 0 Å². The van der Waals surface area contributed by atoms with Gasteiger partial charge in [0.2, 0.25) is 0 Å². The summed E-state index contributed by atoms with van der Waals surface area (Å²) in [6, 6.07) is 69.4. The van der Waals surface area contributed by atoms with Gasteiger partial charge in [0.05, 0.1) is 0 Å². The van der Waals surface area contributed by atoms with E-state index in [4.69, 9.17) is 11.6 Å². The summed E-state index contributed by atoms with van der Waals surface area (Å²) in [5.74, 6) is 0. The van der Waals surface area contributed by atoms with Gasteiger partial charge in [-0.25, -0.2) is 0 Å². The second-order valence-corrected chi connectivity index (χ2v) is 23.3. The van der Waals surface area contributed by atoms with Gasteiger partial charge in [-0.1, -0.05) is 256 Å². The van der Waals surface area contributed by atoms with E-state index in [0.29, 0.717) is 0 Å². The Morgan fingerprint density at radius 1 is 0.377 bits per heavy atom. The topological polar surface area (TPSA) is 0 Å². The van der Waals surface area contributed by atoms with E-state index < -0.39 is 15.8 Å². The van der Waals surface area contributed by atoms with Crippen LogP contribution in [-0.4, -0.2) is 5.26 Å². The van der Waals surface area contributed by atoms with Gasteiger partial charge in [-0.05, 0) is 85.9 Å². The summed E-state index contributed by atoms with van der Waals surface area (Å²) in [6.07, 6.45) is 0. The van der Waals surface area contributed by atoms with Crippen LogP contribution in [-0.2, 0) is 34.4 Å². The molecule has 0 heterocycles. The summed E-state index contributed by atoms with van der Waals surface area (Å²) in [4.78, 5) is 0. The molecule has 7 rings (SSSR count). The van der Waals surface area contributed by atoms with Crippen LogP contribution in [0.5, 0.6) is 0 Å². The van der Waals surface area contributed by atoms with Crippen LogP contribution in [0.3, 0.4) is 0 Å². The molecule has 0 aromatic heterocycles. The average molecular weight is 990 g/mol. The standard InChI is InChI=1S/C19H29ClP.2C18H15P.ClH.Pd/c1-17(2,3)13-10-14(18(4,5)6)16(21-12-20)15(11-13)19(7,8)9;2*1-4-10-16(11-5-1)19(17-12-6-2-7-13-17)18-14-8-3-9-15-18;;/h10-11H,1-9H3;2*1-15H;1H;/q-1;;;;+2/p-1. The van der Waals surface area contributed by atoms with Crippen LogP contribution in [0, 0.1) is 0 Å². The van der Waals surface area contributed by atoms with Crippen molar-refractivity contribution in [3.8, 4) is 0 Å². The third-order valence-corrected chi connectivity index (χ3v) is 15.8. The Morgan fingerprint density at radius 2 is 0.590 bits per heavy atom. The molecular formula is C55H59Cl2P3Pd. The summed E-state index contributed by atoms with van der Waals surface area (Å²) in [7, 11) is 4.57. The van der Waals surface area contributed by atoms with Crippen LogP contribution >= 0.6 is 45.2 Å². The van der Waals surface area contributed by atoms with Crippen molar-refractivity contribution in [2.45, 2.75) is 78.6 Å². The fourth-order valence-electron chi connectivity index (χ4n) is 6.73. The molecule has 7 aromatic carbocycles. The number of rotatable bonds is 7. The Labute approximate surface area is 392 Å².